The van der Waals surface area contributed by atoms with Crippen LogP contribution in [0.25, 0.3) is 11.3 Å². The maximum Gasteiger partial charge on any atom is 0.271 e. The fourth-order valence-corrected chi connectivity index (χ4v) is 5.08. The Morgan fingerprint density at radius 3 is 2.62 bits per heavy atom. The van der Waals surface area contributed by atoms with Gasteiger partial charge in [0.25, 0.3) is 5.91 Å². The molecule has 0 radical (unpaired) electrons. The van der Waals surface area contributed by atoms with Crippen LogP contribution in [0.2, 0.25) is 0 Å². The zero-order valence-electron chi connectivity index (χ0n) is 17.2. The predicted octanol–water partition coefficient (Wildman–Crippen LogP) is 3.15. The second kappa shape index (κ2) is 9.41. The topological polar surface area (TPSA) is 108 Å². The maximum absolute atomic E-state index is 13.1. The van der Waals surface area contributed by atoms with Gasteiger partial charge in [-0.05, 0) is 55.3 Å². The van der Waals surface area contributed by atoms with Crippen LogP contribution >= 0.6 is 0 Å². The number of amides is 1. The summed E-state index contributed by atoms with van der Waals surface area (Å²) >= 11 is 0. The average molecular weight is 456 g/mol. The van der Waals surface area contributed by atoms with Gasteiger partial charge in [-0.1, -0.05) is 12.5 Å². The Morgan fingerprint density at radius 2 is 1.88 bits per heavy atom. The highest BCUT2D eigenvalue weighted by Gasteiger charge is 2.26. The number of nitrogens with zero attached hydrogens (tertiary/aromatic N) is 3. The first-order valence-corrected chi connectivity index (χ1v) is 11.6. The molecule has 2 heterocycles. The molecule has 1 aliphatic rings. The van der Waals surface area contributed by atoms with E-state index in [9.17, 15) is 17.6 Å². The second-order valence-corrected chi connectivity index (χ2v) is 9.34. The molecule has 1 aromatic heterocycles. The SMILES string of the molecule is O=C(N/N=C/c1cn[nH]c1-c1ccc(F)cc1)c1cccc(S(=O)(=O)N2CCCCC2)c1. The summed E-state index contributed by atoms with van der Waals surface area (Å²) in [4.78, 5) is 12.6. The quantitative estimate of drug-likeness (QED) is 0.440. The zero-order valence-corrected chi connectivity index (χ0v) is 18.0. The Kier molecular flexibility index (Phi) is 6.42. The van der Waals surface area contributed by atoms with Gasteiger partial charge in [-0.2, -0.15) is 14.5 Å². The number of carbonyl (C=O) groups is 1. The fraction of sp³-hybridized carbons (Fsp3) is 0.227. The van der Waals surface area contributed by atoms with Gasteiger partial charge in [0.15, 0.2) is 0 Å². The highest BCUT2D eigenvalue weighted by Crippen LogP contribution is 2.22. The van der Waals surface area contributed by atoms with Gasteiger partial charge in [-0.15, -0.1) is 0 Å². The van der Waals surface area contributed by atoms with Gasteiger partial charge in [-0.25, -0.2) is 18.2 Å². The second-order valence-electron chi connectivity index (χ2n) is 7.40. The van der Waals surface area contributed by atoms with Crippen LogP contribution in [-0.2, 0) is 10.0 Å². The van der Waals surface area contributed by atoms with Crippen molar-refractivity contribution in [1.82, 2.24) is 19.9 Å². The van der Waals surface area contributed by atoms with Crippen molar-refractivity contribution in [3.63, 3.8) is 0 Å². The van der Waals surface area contributed by atoms with Gasteiger partial charge in [-0.3, -0.25) is 9.89 Å². The van der Waals surface area contributed by atoms with E-state index in [0.29, 0.717) is 29.9 Å². The van der Waals surface area contributed by atoms with Crippen LogP contribution in [0.5, 0.6) is 0 Å². The van der Waals surface area contributed by atoms with Crippen molar-refractivity contribution < 1.29 is 17.6 Å². The summed E-state index contributed by atoms with van der Waals surface area (Å²) in [6, 6.07) is 11.8. The molecule has 0 aliphatic carbocycles. The zero-order chi connectivity index (χ0) is 22.6. The van der Waals surface area contributed by atoms with Gasteiger partial charge < -0.3 is 0 Å². The van der Waals surface area contributed by atoms with Crippen molar-refractivity contribution in [3.8, 4) is 11.3 Å². The van der Waals surface area contributed by atoms with E-state index in [0.717, 1.165) is 19.3 Å². The molecule has 1 aliphatic heterocycles. The molecule has 2 aromatic carbocycles. The third-order valence-corrected chi connectivity index (χ3v) is 7.11. The van der Waals surface area contributed by atoms with E-state index in [4.69, 9.17) is 0 Å². The number of aromatic amines is 1. The standard InChI is InChI=1S/C22H22FN5O3S/c23-19-9-7-16(8-10-19)21-18(14-24-26-21)15-25-27-22(29)17-5-4-6-20(13-17)32(30,31)28-11-2-1-3-12-28/h4-10,13-15H,1-3,11-12H2,(H,24,26)(H,27,29)/b25-15+. The molecular weight excluding hydrogens is 433 g/mol. The highest BCUT2D eigenvalue weighted by atomic mass is 32.2. The van der Waals surface area contributed by atoms with Crippen LogP contribution in [0, 0.1) is 5.82 Å². The van der Waals surface area contributed by atoms with E-state index in [1.165, 1.54) is 53.1 Å². The van der Waals surface area contributed by atoms with Crippen LogP contribution in [0.3, 0.4) is 0 Å². The van der Waals surface area contributed by atoms with Gasteiger partial charge >= 0.3 is 0 Å². The van der Waals surface area contributed by atoms with Crippen LogP contribution in [0.4, 0.5) is 4.39 Å². The summed E-state index contributed by atoms with van der Waals surface area (Å²) in [5, 5.41) is 10.7. The normalized spacial score (nSPS) is 15.2. The highest BCUT2D eigenvalue weighted by molar-refractivity contribution is 7.89. The molecule has 0 bridgehead atoms. The molecule has 1 amide bonds. The molecule has 0 spiro atoms. The minimum Gasteiger partial charge on any atom is -0.277 e. The Balaban J connectivity index is 1.46. The first kappa shape index (κ1) is 21.8. The number of benzene rings is 2. The van der Waals surface area contributed by atoms with E-state index in [-0.39, 0.29) is 16.3 Å². The molecule has 2 N–H and O–H groups in total. The van der Waals surface area contributed by atoms with Crippen LogP contribution in [0.15, 0.2) is 64.7 Å². The number of carbonyl (C=O) groups excluding carboxylic acids is 1. The minimum atomic E-state index is -3.64. The van der Waals surface area contributed by atoms with Crippen molar-refractivity contribution in [2.75, 3.05) is 13.1 Å². The lowest BCUT2D eigenvalue weighted by Gasteiger charge is -2.25. The number of hydrazone groups is 1. The Morgan fingerprint density at radius 1 is 1.12 bits per heavy atom. The summed E-state index contributed by atoms with van der Waals surface area (Å²) < 4.78 is 40.3. The predicted molar refractivity (Wildman–Crippen MR) is 118 cm³/mol. The Hall–Kier alpha value is -3.37. The molecule has 4 rings (SSSR count). The van der Waals surface area contributed by atoms with Gasteiger partial charge in [0.1, 0.15) is 5.82 Å². The first-order valence-electron chi connectivity index (χ1n) is 10.2. The largest absolute Gasteiger partial charge is 0.277 e. The number of H-pyrrole nitrogens is 1. The van der Waals surface area contributed by atoms with Crippen molar-refractivity contribution in [2.24, 2.45) is 5.10 Å². The summed E-state index contributed by atoms with van der Waals surface area (Å²) in [6.45, 7) is 0.980. The van der Waals surface area contributed by atoms with Crippen LogP contribution in [0.1, 0.15) is 35.2 Å². The molecule has 8 nitrogen and oxygen atoms in total. The minimum absolute atomic E-state index is 0.0875. The third-order valence-electron chi connectivity index (χ3n) is 5.22. The molecule has 0 unspecified atom stereocenters. The number of piperidine rings is 1. The lowest BCUT2D eigenvalue weighted by atomic mass is 10.1. The van der Waals surface area contributed by atoms with Crippen LogP contribution in [-0.4, -0.2) is 48.1 Å². The molecule has 0 atom stereocenters. The average Bonchev–Trinajstić information content (AvgIpc) is 3.28. The summed E-state index contributed by atoms with van der Waals surface area (Å²) in [7, 11) is -3.64. The number of aromatic nitrogens is 2. The summed E-state index contributed by atoms with van der Waals surface area (Å²) in [5.74, 6) is -0.885. The van der Waals surface area contributed by atoms with E-state index in [1.807, 2.05) is 0 Å². The number of hydrogen-bond donors (Lipinski definition) is 2. The lowest BCUT2D eigenvalue weighted by Crippen LogP contribution is -2.35. The Bertz CT molecular complexity index is 1230. The van der Waals surface area contributed by atoms with Gasteiger partial charge in [0.2, 0.25) is 10.0 Å². The van der Waals surface area contributed by atoms with Gasteiger partial charge in [0, 0.05) is 29.8 Å². The molecule has 166 valence electrons. The lowest BCUT2D eigenvalue weighted by molar-refractivity contribution is 0.0955. The molecular formula is C22H22FN5O3S. The van der Waals surface area contributed by atoms with Gasteiger partial charge in [0.05, 0.1) is 23.0 Å². The van der Waals surface area contributed by atoms with Crippen molar-refractivity contribution in [3.05, 3.63) is 71.7 Å². The molecule has 32 heavy (non-hydrogen) atoms. The van der Waals surface area contributed by atoms with E-state index in [1.54, 1.807) is 12.1 Å². The maximum atomic E-state index is 13.1. The van der Waals surface area contributed by atoms with E-state index in [2.05, 4.69) is 20.7 Å². The number of sulfonamides is 1. The van der Waals surface area contributed by atoms with Crippen molar-refractivity contribution in [1.29, 1.82) is 0 Å². The molecule has 1 saturated heterocycles. The fourth-order valence-electron chi connectivity index (χ4n) is 3.52. The number of nitrogens with one attached hydrogen (secondary N) is 2. The monoisotopic (exact) mass is 455 g/mol. The van der Waals surface area contributed by atoms with Crippen molar-refractivity contribution >= 4 is 22.1 Å². The van der Waals surface area contributed by atoms with Crippen LogP contribution < -0.4 is 5.43 Å². The Labute approximate surface area is 185 Å². The molecule has 0 saturated carbocycles. The summed E-state index contributed by atoms with van der Waals surface area (Å²) in [6.07, 6.45) is 5.63. The molecule has 1 fully saturated rings. The van der Waals surface area contributed by atoms with E-state index < -0.39 is 15.9 Å². The molecule has 3 aromatic rings. The van der Waals surface area contributed by atoms with Crippen molar-refractivity contribution in [2.45, 2.75) is 24.2 Å². The number of halogens is 1. The molecule has 10 heteroatoms. The number of rotatable bonds is 6. The summed E-state index contributed by atoms with van der Waals surface area (Å²) in [5.41, 5.74) is 4.52. The smallest absolute Gasteiger partial charge is 0.271 e. The van der Waals surface area contributed by atoms with E-state index >= 15 is 0 Å². The number of hydrogen-bond acceptors (Lipinski definition) is 5. The third kappa shape index (κ3) is 4.76. The first-order chi connectivity index (χ1) is 15.4.